The molecule has 0 aromatic heterocycles. The number of amides is 2. The molecule has 2 aliphatic heterocycles. The number of fused-ring (bicyclic) bond motifs is 1. The first kappa shape index (κ1) is 30.9. The summed E-state index contributed by atoms with van der Waals surface area (Å²) >= 11 is 0. The molecule has 2 fully saturated rings. The number of carbonyl (C=O) groups excluding carboxylic acids is 2. The van der Waals surface area contributed by atoms with E-state index in [1.807, 2.05) is 44.2 Å². The average molecular weight is 589 g/mol. The lowest BCUT2D eigenvalue weighted by atomic mass is 9.99. The summed E-state index contributed by atoms with van der Waals surface area (Å²) < 4.78 is 45.6. The zero-order valence-corrected chi connectivity index (χ0v) is 24.5. The fraction of sp³-hybridized carbons (Fsp3) is 0.517. The lowest BCUT2D eigenvalue weighted by molar-refractivity contribution is -0.114. The Morgan fingerprint density at radius 3 is 2.44 bits per heavy atom. The molecule has 5 unspecified atom stereocenters. The standard InChI is InChI=1S/C29H40N4O7S/c1-19(2)16-33(41(36,37)23-11-9-22(10-12-23)31-20(3)34)17-25(30)26(15-21-7-5-4-6-8-21)32-29(35)40-27-18-39-28-24(27)13-14-38-28/h4-12,19,24-28H,13-18,30H2,1-3H3,(H,31,34)(H,32,35). The Morgan fingerprint density at radius 2 is 1.78 bits per heavy atom. The number of benzene rings is 2. The predicted molar refractivity (Wildman–Crippen MR) is 153 cm³/mol. The Bertz CT molecular complexity index is 1270. The molecule has 11 nitrogen and oxygen atoms in total. The molecule has 0 spiro atoms. The van der Waals surface area contributed by atoms with Crippen LogP contribution in [0.5, 0.6) is 0 Å². The molecular formula is C29H40N4O7S. The van der Waals surface area contributed by atoms with E-state index in [1.54, 1.807) is 12.1 Å². The third kappa shape index (κ3) is 8.26. The van der Waals surface area contributed by atoms with E-state index in [4.69, 9.17) is 19.9 Å². The van der Waals surface area contributed by atoms with Crippen LogP contribution in [0.15, 0.2) is 59.5 Å². The van der Waals surface area contributed by atoms with Gasteiger partial charge in [0.15, 0.2) is 6.29 Å². The van der Waals surface area contributed by atoms with Crippen LogP contribution in [-0.2, 0) is 35.4 Å². The zero-order chi connectivity index (χ0) is 29.6. The average Bonchev–Trinajstić information content (AvgIpc) is 3.53. The molecule has 0 radical (unpaired) electrons. The second-order valence-corrected chi connectivity index (χ2v) is 12.9. The van der Waals surface area contributed by atoms with E-state index in [0.29, 0.717) is 18.7 Å². The normalized spacial score (nSPS) is 21.9. The first-order valence-electron chi connectivity index (χ1n) is 13.9. The van der Waals surface area contributed by atoms with Crippen molar-refractivity contribution in [3.05, 3.63) is 60.2 Å². The maximum atomic E-state index is 13.7. The molecule has 4 N–H and O–H groups in total. The van der Waals surface area contributed by atoms with Crippen LogP contribution in [0.3, 0.4) is 0 Å². The van der Waals surface area contributed by atoms with E-state index in [-0.39, 0.29) is 48.6 Å². The highest BCUT2D eigenvalue weighted by atomic mass is 32.2. The van der Waals surface area contributed by atoms with Crippen molar-refractivity contribution in [1.29, 1.82) is 0 Å². The smallest absolute Gasteiger partial charge is 0.407 e. The van der Waals surface area contributed by atoms with Crippen LogP contribution in [-0.4, -0.2) is 75.5 Å². The number of hydrogen-bond donors (Lipinski definition) is 3. The van der Waals surface area contributed by atoms with Crippen LogP contribution in [0, 0.1) is 11.8 Å². The molecule has 12 heteroatoms. The summed E-state index contributed by atoms with van der Waals surface area (Å²) in [6.07, 6.45) is -0.265. The lowest BCUT2D eigenvalue weighted by Crippen LogP contribution is -2.55. The van der Waals surface area contributed by atoms with Gasteiger partial charge in [-0.15, -0.1) is 0 Å². The number of ether oxygens (including phenoxy) is 3. The molecule has 0 aliphatic carbocycles. The van der Waals surface area contributed by atoms with Gasteiger partial charge in [0.25, 0.3) is 0 Å². The quantitative estimate of drug-likeness (QED) is 0.343. The molecule has 2 saturated heterocycles. The van der Waals surface area contributed by atoms with Gasteiger partial charge in [0.05, 0.1) is 30.1 Å². The number of alkyl carbamates (subject to hydrolysis) is 1. The predicted octanol–water partition coefficient (Wildman–Crippen LogP) is 2.72. The summed E-state index contributed by atoms with van der Waals surface area (Å²) in [6.45, 7) is 6.26. The van der Waals surface area contributed by atoms with Gasteiger partial charge in [0, 0.05) is 31.7 Å². The van der Waals surface area contributed by atoms with Crippen molar-refractivity contribution in [2.45, 2.75) is 63.0 Å². The fourth-order valence-corrected chi connectivity index (χ4v) is 6.79. The molecular weight excluding hydrogens is 548 g/mol. The number of nitrogens with two attached hydrogens (primary N) is 1. The van der Waals surface area contributed by atoms with Crippen LogP contribution >= 0.6 is 0 Å². The molecule has 2 amide bonds. The molecule has 41 heavy (non-hydrogen) atoms. The lowest BCUT2D eigenvalue weighted by Gasteiger charge is -2.31. The molecule has 2 aromatic rings. The minimum absolute atomic E-state index is 0.00860. The van der Waals surface area contributed by atoms with Gasteiger partial charge in [0.2, 0.25) is 15.9 Å². The second kappa shape index (κ2) is 13.8. The van der Waals surface area contributed by atoms with Gasteiger partial charge in [-0.05, 0) is 48.6 Å². The third-order valence-corrected chi connectivity index (χ3v) is 9.00. The van der Waals surface area contributed by atoms with E-state index in [9.17, 15) is 18.0 Å². The van der Waals surface area contributed by atoms with Crippen LogP contribution in [0.1, 0.15) is 32.8 Å². The highest BCUT2D eigenvalue weighted by molar-refractivity contribution is 7.89. The van der Waals surface area contributed by atoms with E-state index in [1.165, 1.54) is 23.4 Å². The molecule has 224 valence electrons. The van der Waals surface area contributed by atoms with Crippen molar-refractivity contribution in [3.8, 4) is 0 Å². The van der Waals surface area contributed by atoms with Crippen LogP contribution in [0.4, 0.5) is 10.5 Å². The number of carbonyl (C=O) groups is 2. The number of sulfonamides is 1. The number of rotatable bonds is 12. The molecule has 2 aromatic carbocycles. The molecule has 5 atom stereocenters. The first-order chi connectivity index (χ1) is 19.5. The van der Waals surface area contributed by atoms with Gasteiger partial charge >= 0.3 is 6.09 Å². The van der Waals surface area contributed by atoms with Crippen molar-refractivity contribution in [1.82, 2.24) is 9.62 Å². The van der Waals surface area contributed by atoms with Crippen molar-refractivity contribution in [2.24, 2.45) is 17.6 Å². The van der Waals surface area contributed by atoms with E-state index >= 15 is 0 Å². The Morgan fingerprint density at radius 1 is 1.07 bits per heavy atom. The van der Waals surface area contributed by atoms with E-state index < -0.39 is 34.3 Å². The summed E-state index contributed by atoms with van der Waals surface area (Å²) in [6, 6.07) is 14.2. The van der Waals surface area contributed by atoms with Gasteiger partial charge in [0.1, 0.15) is 6.10 Å². The van der Waals surface area contributed by atoms with E-state index in [2.05, 4.69) is 10.6 Å². The van der Waals surface area contributed by atoms with Gasteiger partial charge in [-0.25, -0.2) is 13.2 Å². The number of nitrogens with one attached hydrogen (secondary N) is 2. The minimum atomic E-state index is -3.93. The van der Waals surface area contributed by atoms with Crippen molar-refractivity contribution >= 4 is 27.7 Å². The maximum absolute atomic E-state index is 13.7. The minimum Gasteiger partial charge on any atom is -0.443 e. The maximum Gasteiger partial charge on any atom is 0.407 e. The van der Waals surface area contributed by atoms with Crippen LogP contribution in [0.25, 0.3) is 0 Å². The van der Waals surface area contributed by atoms with Crippen molar-refractivity contribution in [3.63, 3.8) is 0 Å². The summed E-state index contributed by atoms with van der Waals surface area (Å²) in [4.78, 5) is 24.5. The summed E-state index contributed by atoms with van der Waals surface area (Å²) in [7, 11) is -3.93. The van der Waals surface area contributed by atoms with Crippen molar-refractivity contribution in [2.75, 3.05) is 31.6 Å². The molecule has 0 saturated carbocycles. The molecule has 0 bridgehead atoms. The van der Waals surface area contributed by atoms with Crippen LogP contribution < -0.4 is 16.4 Å². The van der Waals surface area contributed by atoms with Gasteiger partial charge in [-0.3, -0.25) is 4.79 Å². The Hall–Kier alpha value is -3.03. The summed E-state index contributed by atoms with van der Waals surface area (Å²) in [5.74, 6) is -0.240. The Balaban J connectivity index is 1.51. The first-order valence-corrected chi connectivity index (χ1v) is 15.3. The highest BCUT2D eigenvalue weighted by Gasteiger charge is 2.44. The van der Waals surface area contributed by atoms with Gasteiger partial charge in [-0.1, -0.05) is 44.2 Å². The Kier molecular flexibility index (Phi) is 10.4. The number of nitrogens with zero attached hydrogens (tertiary/aromatic N) is 1. The molecule has 2 heterocycles. The number of anilines is 1. The second-order valence-electron chi connectivity index (χ2n) is 11.0. The number of hydrogen-bond acceptors (Lipinski definition) is 8. The fourth-order valence-electron chi connectivity index (χ4n) is 5.15. The molecule has 4 rings (SSSR count). The SMILES string of the molecule is CC(=O)Nc1ccc(S(=O)(=O)N(CC(C)C)CC(N)C(Cc2ccccc2)NC(=O)OC2COC3OCCC23)cc1. The monoisotopic (exact) mass is 588 g/mol. The summed E-state index contributed by atoms with van der Waals surface area (Å²) in [5.41, 5.74) is 8.11. The summed E-state index contributed by atoms with van der Waals surface area (Å²) in [5, 5.41) is 5.54. The van der Waals surface area contributed by atoms with Crippen molar-refractivity contribution < 1.29 is 32.2 Å². The van der Waals surface area contributed by atoms with Crippen LogP contribution in [0.2, 0.25) is 0 Å². The largest absolute Gasteiger partial charge is 0.443 e. The highest BCUT2D eigenvalue weighted by Crippen LogP contribution is 2.33. The van der Waals surface area contributed by atoms with Gasteiger partial charge in [-0.2, -0.15) is 4.31 Å². The van der Waals surface area contributed by atoms with Gasteiger partial charge < -0.3 is 30.6 Å². The third-order valence-electron chi connectivity index (χ3n) is 7.16. The molecule has 2 aliphatic rings. The topological polar surface area (TPSA) is 149 Å². The van der Waals surface area contributed by atoms with E-state index in [0.717, 1.165) is 12.0 Å². The Labute approximate surface area is 241 Å². The zero-order valence-electron chi connectivity index (χ0n) is 23.7.